The summed E-state index contributed by atoms with van der Waals surface area (Å²) < 4.78 is 15.2. The van der Waals surface area contributed by atoms with E-state index in [1.165, 1.54) is 19.1 Å². The van der Waals surface area contributed by atoms with E-state index in [1.807, 2.05) is 6.92 Å². The molecule has 4 rings (SSSR count). The maximum Gasteiger partial charge on any atom is 0.192 e. The van der Waals surface area contributed by atoms with E-state index in [-0.39, 0.29) is 30.6 Å². The zero-order valence-electron chi connectivity index (χ0n) is 17.0. The molecule has 0 aliphatic heterocycles. The van der Waals surface area contributed by atoms with Gasteiger partial charge in [-0.3, -0.25) is 9.59 Å². The third kappa shape index (κ3) is 2.42. The fraction of sp³-hybridized carbons (Fsp3) is 0.727. The van der Waals surface area contributed by atoms with Crippen LogP contribution in [0.2, 0.25) is 0 Å². The number of Topliss-reactive ketones (excluding diaryl/α,β-unsaturated/α-hetero) is 1. The lowest BCUT2D eigenvalue weighted by molar-refractivity contribution is -0.176. The highest BCUT2D eigenvalue weighted by molar-refractivity contribution is 5.99. The van der Waals surface area contributed by atoms with Crippen LogP contribution in [0.25, 0.3) is 0 Å². The molecule has 160 valence electrons. The molecule has 0 radical (unpaired) electrons. The van der Waals surface area contributed by atoms with Crippen molar-refractivity contribution in [3.8, 4) is 0 Å². The molecular weight excluding hydrogens is 379 g/mol. The summed E-state index contributed by atoms with van der Waals surface area (Å²) in [5.74, 6) is -2.68. The number of hydrogen-bond acceptors (Lipinski definition) is 6. The van der Waals surface area contributed by atoms with Crippen LogP contribution in [0.5, 0.6) is 0 Å². The monoisotopic (exact) mass is 408 g/mol. The van der Waals surface area contributed by atoms with Gasteiger partial charge in [-0.05, 0) is 68.1 Å². The largest absolute Gasteiger partial charge is 0.390 e. The molecule has 0 amide bonds. The lowest BCUT2D eigenvalue weighted by Gasteiger charge is -2.58. The molecule has 4 aliphatic carbocycles. The number of allylic oxidation sites excluding steroid dienone is 3. The molecule has 8 atom stereocenters. The Balaban J connectivity index is 1.82. The van der Waals surface area contributed by atoms with E-state index >= 15 is 4.39 Å². The molecule has 6 nitrogen and oxygen atoms in total. The van der Waals surface area contributed by atoms with Gasteiger partial charge in [-0.1, -0.05) is 13.8 Å². The van der Waals surface area contributed by atoms with Crippen molar-refractivity contribution in [1.82, 2.24) is 0 Å². The van der Waals surface area contributed by atoms with Gasteiger partial charge in [-0.15, -0.1) is 0 Å². The van der Waals surface area contributed by atoms with Crippen molar-refractivity contribution in [2.24, 2.45) is 28.6 Å². The number of fused-ring (bicyclic) bond motifs is 5. The minimum Gasteiger partial charge on any atom is -0.390 e. The summed E-state index contributed by atoms with van der Waals surface area (Å²) in [4.78, 5) is 24.7. The number of aliphatic hydroxyl groups is 4. The van der Waals surface area contributed by atoms with E-state index in [0.29, 0.717) is 18.4 Å². The van der Waals surface area contributed by atoms with Gasteiger partial charge in [0.1, 0.15) is 18.0 Å². The van der Waals surface area contributed by atoms with Gasteiger partial charge in [0, 0.05) is 10.8 Å². The normalized spacial score (nSPS) is 51.5. The molecule has 0 aromatic rings. The SMILES string of the molecule is CC1(O)C[C@@]2(C)C(=CC1=O)C(F)=C[C@@H]1[C@@H]2CC[C@@]2(C)[C@H]1CC(O)[C@]2(O)C(=O)CO. The first-order valence-corrected chi connectivity index (χ1v) is 10.2. The van der Waals surface area contributed by atoms with Crippen molar-refractivity contribution in [1.29, 1.82) is 0 Å². The average molecular weight is 408 g/mol. The molecule has 0 heterocycles. The van der Waals surface area contributed by atoms with Gasteiger partial charge in [0.05, 0.1) is 6.10 Å². The van der Waals surface area contributed by atoms with Crippen LogP contribution in [-0.4, -0.2) is 55.9 Å². The summed E-state index contributed by atoms with van der Waals surface area (Å²) in [6.45, 7) is 4.18. The van der Waals surface area contributed by atoms with Gasteiger partial charge in [0.2, 0.25) is 0 Å². The second-order valence-corrected chi connectivity index (χ2v) is 10.2. The highest BCUT2D eigenvalue weighted by atomic mass is 19.1. The maximum atomic E-state index is 15.2. The summed E-state index contributed by atoms with van der Waals surface area (Å²) in [6.07, 6.45) is 2.50. The number of aliphatic hydroxyl groups excluding tert-OH is 2. The molecule has 0 aromatic heterocycles. The first kappa shape index (κ1) is 20.8. The van der Waals surface area contributed by atoms with Gasteiger partial charge in [0.15, 0.2) is 17.2 Å². The van der Waals surface area contributed by atoms with Crippen LogP contribution >= 0.6 is 0 Å². The van der Waals surface area contributed by atoms with E-state index in [9.17, 15) is 30.0 Å². The average Bonchev–Trinajstić information content (AvgIpc) is 2.84. The van der Waals surface area contributed by atoms with Crippen LogP contribution in [0.15, 0.2) is 23.6 Å². The van der Waals surface area contributed by atoms with Crippen LogP contribution in [0.1, 0.15) is 46.5 Å². The van der Waals surface area contributed by atoms with Crippen LogP contribution in [-0.2, 0) is 9.59 Å². The van der Waals surface area contributed by atoms with Crippen molar-refractivity contribution in [2.75, 3.05) is 6.61 Å². The molecular formula is C22H29FO6. The van der Waals surface area contributed by atoms with E-state index in [0.717, 1.165) is 0 Å². The number of rotatable bonds is 2. The minimum atomic E-state index is -2.08. The summed E-state index contributed by atoms with van der Waals surface area (Å²) >= 11 is 0. The molecule has 29 heavy (non-hydrogen) atoms. The molecule has 4 N–H and O–H groups in total. The lowest BCUT2D eigenvalue weighted by Crippen LogP contribution is -2.61. The third-order valence-electron chi connectivity index (χ3n) is 8.67. The summed E-state index contributed by atoms with van der Waals surface area (Å²) in [5, 5.41) is 41.8. The zero-order valence-corrected chi connectivity index (χ0v) is 17.0. The molecule has 4 aliphatic rings. The fourth-order valence-electron chi connectivity index (χ4n) is 7.10. The van der Waals surface area contributed by atoms with Crippen molar-refractivity contribution in [2.45, 2.75) is 63.8 Å². The molecule has 2 unspecified atom stereocenters. The highest BCUT2D eigenvalue weighted by Crippen LogP contribution is 2.67. The number of carbonyl (C=O) groups is 2. The Morgan fingerprint density at radius 1 is 1.24 bits per heavy atom. The Morgan fingerprint density at radius 2 is 1.90 bits per heavy atom. The Morgan fingerprint density at radius 3 is 2.52 bits per heavy atom. The van der Waals surface area contributed by atoms with E-state index < -0.39 is 52.1 Å². The Hall–Kier alpha value is -1.41. The van der Waals surface area contributed by atoms with Crippen LogP contribution in [0.3, 0.4) is 0 Å². The van der Waals surface area contributed by atoms with Crippen LogP contribution in [0, 0.1) is 28.6 Å². The molecule has 0 spiro atoms. The van der Waals surface area contributed by atoms with Crippen molar-refractivity contribution < 1.29 is 34.4 Å². The quantitative estimate of drug-likeness (QED) is 0.546. The van der Waals surface area contributed by atoms with Gasteiger partial charge < -0.3 is 20.4 Å². The topological polar surface area (TPSA) is 115 Å². The molecule has 7 heteroatoms. The highest BCUT2D eigenvalue weighted by Gasteiger charge is 2.70. The molecule has 0 bridgehead atoms. The number of halogens is 1. The number of carbonyl (C=O) groups excluding carboxylic acids is 2. The first-order chi connectivity index (χ1) is 13.3. The zero-order chi connectivity index (χ0) is 21.6. The predicted octanol–water partition coefficient (Wildman–Crippen LogP) is 1.22. The minimum absolute atomic E-state index is 0.0962. The Kier molecular flexibility index (Phi) is 4.36. The molecule has 0 saturated heterocycles. The second kappa shape index (κ2) is 6.06. The standard InChI is InChI=1S/C22H29FO6/c1-19-10-21(3,28)16(25)8-14(19)15(23)6-11-12(19)4-5-20(2)13(11)7-17(26)22(20,29)18(27)9-24/h6,8,11-13,17,24,26,28-29H,4-5,7,9-10H2,1-3H3/t11-,12+,13+,17?,19-,20+,21?,22+/m1/s1. The predicted molar refractivity (Wildman–Crippen MR) is 101 cm³/mol. The smallest absolute Gasteiger partial charge is 0.192 e. The Bertz CT molecular complexity index is 846. The molecule has 2 saturated carbocycles. The summed E-state index contributed by atoms with van der Waals surface area (Å²) in [6, 6.07) is 0. The number of hydrogen-bond donors (Lipinski definition) is 4. The maximum absolute atomic E-state index is 15.2. The van der Waals surface area contributed by atoms with Crippen LogP contribution in [0.4, 0.5) is 4.39 Å². The Labute approximate surface area is 169 Å². The van der Waals surface area contributed by atoms with Crippen molar-refractivity contribution >= 4 is 11.6 Å². The third-order valence-corrected chi connectivity index (χ3v) is 8.67. The van der Waals surface area contributed by atoms with E-state index in [2.05, 4.69) is 0 Å². The van der Waals surface area contributed by atoms with Crippen molar-refractivity contribution in [3.05, 3.63) is 23.6 Å². The van der Waals surface area contributed by atoms with E-state index in [1.54, 1.807) is 6.92 Å². The van der Waals surface area contributed by atoms with Crippen molar-refractivity contribution in [3.63, 3.8) is 0 Å². The fourth-order valence-corrected chi connectivity index (χ4v) is 7.10. The molecule has 2 fully saturated rings. The summed E-state index contributed by atoms with van der Waals surface area (Å²) in [7, 11) is 0. The van der Waals surface area contributed by atoms with Gasteiger partial charge in [0.25, 0.3) is 0 Å². The van der Waals surface area contributed by atoms with Crippen LogP contribution < -0.4 is 0 Å². The summed E-state index contributed by atoms with van der Waals surface area (Å²) in [5.41, 5.74) is -5.13. The molecule has 0 aromatic carbocycles. The first-order valence-electron chi connectivity index (χ1n) is 10.2. The van der Waals surface area contributed by atoms with E-state index in [4.69, 9.17) is 0 Å². The van der Waals surface area contributed by atoms with Gasteiger partial charge in [-0.2, -0.15) is 0 Å². The lowest BCUT2D eigenvalue weighted by atomic mass is 9.47. The van der Waals surface area contributed by atoms with Gasteiger partial charge >= 0.3 is 0 Å². The van der Waals surface area contributed by atoms with Gasteiger partial charge in [-0.25, -0.2) is 4.39 Å². The second-order valence-electron chi connectivity index (χ2n) is 10.2. The number of ketones is 2.